The number of hydrogen-bond acceptors (Lipinski definition) is 3. The van der Waals surface area contributed by atoms with E-state index in [-0.39, 0.29) is 4.90 Å². The molecular weight excluding hydrogens is 476 g/mol. The number of rotatable bonds is 3. The van der Waals surface area contributed by atoms with E-state index in [1.807, 2.05) is 0 Å². The van der Waals surface area contributed by atoms with Crippen LogP contribution in [0.2, 0.25) is 0 Å². The van der Waals surface area contributed by atoms with Crippen molar-refractivity contribution in [2.24, 2.45) is 0 Å². The zero-order valence-corrected chi connectivity index (χ0v) is 15.5. The number of halogens is 3. The van der Waals surface area contributed by atoms with Gasteiger partial charge in [0.2, 0.25) is 0 Å². The Morgan fingerprint density at radius 1 is 0.950 bits per heavy atom. The third-order valence-electron chi connectivity index (χ3n) is 2.42. The third-order valence-corrected chi connectivity index (χ3v) is 5.96. The van der Waals surface area contributed by atoms with Crippen LogP contribution < -0.4 is 10.5 Å². The topological polar surface area (TPSA) is 72.2 Å². The lowest BCUT2D eigenvalue weighted by Gasteiger charge is -2.12. The fraction of sp³-hybridized carbons (Fsp3) is 0. The Labute approximate surface area is 142 Å². The highest BCUT2D eigenvalue weighted by Gasteiger charge is 2.19. The standard InChI is InChI=1S/C12H9Br3N2O2S/c13-7-1-3-9(14)11(5-7)17-20(18,19)12-6-8(16)2-4-10(12)15/h1-6,17H,16H2. The van der Waals surface area contributed by atoms with Gasteiger partial charge in [0, 0.05) is 19.1 Å². The van der Waals surface area contributed by atoms with Gasteiger partial charge < -0.3 is 5.73 Å². The molecule has 0 aliphatic heterocycles. The molecule has 0 aliphatic carbocycles. The predicted octanol–water partition coefficient (Wildman–Crippen LogP) is 4.36. The molecule has 0 aliphatic rings. The minimum atomic E-state index is -3.73. The Morgan fingerprint density at radius 2 is 1.60 bits per heavy atom. The van der Waals surface area contributed by atoms with Crippen LogP contribution in [-0.2, 0) is 10.0 Å². The van der Waals surface area contributed by atoms with E-state index in [1.165, 1.54) is 6.07 Å². The van der Waals surface area contributed by atoms with E-state index in [0.717, 1.165) is 4.47 Å². The van der Waals surface area contributed by atoms with E-state index in [2.05, 4.69) is 52.5 Å². The molecule has 4 nitrogen and oxygen atoms in total. The van der Waals surface area contributed by atoms with E-state index in [4.69, 9.17) is 5.73 Å². The molecule has 2 aromatic carbocycles. The molecule has 106 valence electrons. The summed E-state index contributed by atoms with van der Waals surface area (Å²) in [6, 6.07) is 9.84. The molecule has 0 radical (unpaired) electrons. The van der Waals surface area contributed by atoms with Crippen molar-refractivity contribution in [3.05, 3.63) is 49.8 Å². The second-order valence-corrected chi connectivity index (χ2v) is 8.19. The van der Waals surface area contributed by atoms with Crippen molar-refractivity contribution in [2.75, 3.05) is 10.5 Å². The summed E-state index contributed by atoms with van der Waals surface area (Å²) in [5.41, 5.74) is 6.46. The minimum Gasteiger partial charge on any atom is -0.399 e. The number of nitrogen functional groups attached to an aromatic ring is 1. The van der Waals surface area contributed by atoms with Crippen molar-refractivity contribution >= 4 is 69.2 Å². The van der Waals surface area contributed by atoms with Gasteiger partial charge in [-0.3, -0.25) is 4.72 Å². The average molecular weight is 485 g/mol. The molecule has 0 unspecified atom stereocenters. The number of hydrogen-bond donors (Lipinski definition) is 2. The number of sulfonamides is 1. The van der Waals surface area contributed by atoms with Crippen LogP contribution in [0, 0.1) is 0 Å². The molecule has 2 rings (SSSR count). The second kappa shape index (κ2) is 6.05. The van der Waals surface area contributed by atoms with Crippen LogP contribution >= 0.6 is 47.8 Å². The molecule has 0 aromatic heterocycles. The quantitative estimate of drug-likeness (QED) is 0.636. The number of anilines is 2. The smallest absolute Gasteiger partial charge is 0.263 e. The lowest BCUT2D eigenvalue weighted by molar-refractivity contribution is 0.601. The summed E-state index contributed by atoms with van der Waals surface area (Å²) in [6.07, 6.45) is 0. The van der Waals surface area contributed by atoms with Gasteiger partial charge in [0.1, 0.15) is 4.90 Å². The summed E-state index contributed by atoms with van der Waals surface area (Å²) < 4.78 is 29.2. The maximum absolute atomic E-state index is 12.4. The van der Waals surface area contributed by atoms with Crippen molar-refractivity contribution < 1.29 is 8.42 Å². The zero-order valence-electron chi connectivity index (χ0n) is 9.90. The van der Waals surface area contributed by atoms with Crippen LogP contribution in [0.1, 0.15) is 0 Å². The van der Waals surface area contributed by atoms with Crippen LogP contribution in [0.4, 0.5) is 11.4 Å². The first-order valence-corrected chi connectivity index (χ1v) is 9.19. The van der Waals surface area contributed by atoms with E-state index in [0.29, 0.717) is 20.3 Å². The van der Waals surface area contributed by atoms with Gasteiger partial charge in [-0.25, -0.2) is 8.42 Å². The van der Waals surface area contributed by atoms with Crippen molar-refractivity contribution in [3.63, 3.8) is 0 Å². The number of benzene rings is 2. The molecule has 0 atom stereocenters. The van der Waals surface area contributed by atoms with Crippen LogP contribution in [0.15, 0.2) is 54.7 Å². The fourth-order valence-electron chi connectivity index (χ4n) is 1.50. The van der Waals surface area contributed by atoms with Crippen LogP contribution in [-0.4, -0.2) is 8.42 Å². The largest absolute Gasteiger partial charge is 0.399 e. The molecule has 0 spiro atoms. The molecule has 0 saturated carbocycles. The van der Waals surface area contributed by atoms with Crippen molar-refractivity contribution in [3.8, 4) is 0 Å². The van der Waals surface area contributed by atoms with Gasteiger partial charge in [0.05, 0.1) is 5.69 Å². The normalized spacial score (nSPS) is 11.3. The third kappa shape index (κ3) is 3.55. The minimum absolute atomic E-state index is 0.0874. The SMILES string of the molecule is Nc1ccc(Br)c(S(=O)(=O)Nc2cc(Br)ccc2Br)c1. The fourth-order valence-corrected chi connectivity index (χ4v) is 4.41. The Morgan fingerprint density at radius 3 is 2.30 bits per heavy atom. The molecule has 0 bridgehead atoms. The van der Waals surface area contributed by atoms with Gasteiger partial charge in [0.15, 0.2) is 0 Å². The molecule has 3 N–H and O–H groups in total. The maximum Gasteiger partial charge on any atom is 0.263 e. The number of nitrogens with two attached hydrogens (primary N) is 1. The molecule has 8 heteroatoms. The summed E-state index contributed by atoms with van der Waals surface area (Å²) in [5.74, 6) is 0. The van der Waals surface area contributed by atoms with Crippen LogP contribution in [0.5, 0.6) is 0 Å². The average Bonchev–Trinajstić information content (AvgIpc) is 2.36. The molecule has 2 aromatic rings. The first-order valence-electron chi connectivity index (χ1n) is 5.32. The molecule has 0 fully saturated rings. The summed E-state index contributed by atoms with van der Waals surface area (Å²) in [6.45, 7) is 0. The summed E-state index contributed by atoms with van der Waals surface area (Å²) in [5, 5.41) is 0. The Balaban J connectivity index is 2.46. The van der Waals surface area contributed by atoms with Crippen molar-refractivity contribution in [1.82, 2.24) is 0 Å². The summed E-state index contributed by atoms with van der Waals surface area (Å²) in [4.78, 5) is 0.0874. The second-order valence-electron chi connectivity index (χ2n) is 3.92. The van der Waals surface area contributed by atoms with E-state index in [1.54, 1.807) is 30.3 Å². The zero-order chi connectivity index (χ0) is 14.9. The van der Waals surface area contributed by atoms with E-state index < -0.39 is 10.0 Å². The first kappa shape index (κ1) is 15.8. The first-order chi connectivity index (χ1) is 9.29. The van der Waals surface area contributed by atoms with Gasteiger partial charge in [-0.05, 0) is 68.3 Å². The highest BCUT2D eigenvalue weighted by molar-refractivity contribution is 9.11. The van der Waals surface area contributed by atoms with Crippen molar-refractivity contribution in [2.45, 2.75) is 4.90 Å². The van der Waals surface area contributed by atoms with Crippen LogP contribution in [0.25, 0.3) is 0 Å². The van der Waals surface area contributed by atoms with Crippen molar-refractivity contribution in [1.29, 1.82) is 0 Å². The van der Waals surface area contributed by atoms with E-state index in [9.17, 15) is 8.42 Å². The van der Waals surface area contributed by atoms with Crippen LogP contribution in [0.3, 0.4) is 0 Å². The molecule has 0 saturated heterocycles. The summed E-state index contributed by atoms with van der Waals surface area (Å²) in [7, 11) is -3.73. The Bertz CT molecular complexity index is 763. The lowest BCUT2D eigenvalue weighted by atomic mass is 10.3. The monoisotopic (exact) mass is 482 g/mol. The molecule has 0 amide bonds. The Kier molecular flexibility index (Phi) is 4.78. The molecular formula is C12H9Br3N2O2S. The molecule has 0 heterocycles. The van der Waals surface area contributed by atoms with Gasteiger partial charge in [-0.2, -0.15) is 0 Å². The predicted molar refractivity (Wildman–Crippen MR) is 91.2 cm³/mol. The lowest BCUT2D eigenvalue weighted by Crippen LogP contribution is -2.14. The summed E-state index contributed by atoms with van der Waals surface area (Å²) >= 11 is 9.82. The molecule has 20 heavy (non-hydrogen) atoms. The van der Waals surface area contributed by atoms with Gasteiger partial charge in [0.25, 0.3) is 10.0 Å². The highest BCUT2D eigenvalue weighted by Crippen LogP contribution is 2.30. The Hall–Kier alpha value is -0.570. The number of nitrogens with one attached hydrogen (secondary N) is 1. The maximum atomic E-state index is 12.4. The van der Waals surface area contributed by atoms with Gasteiger partial charge >= 0.3 is 0 Å². The van der Waals surface area contributed by atoms with Gasteiger partial charge in [-0.15, -0.1) is 0 Å². The van der Waals surface area contributed by atoms with Gasteiger partial charge in [-0.1, -0.05) is 15.9 Å². The van der Waals surface area contributed by atoms with E-state index >= 15 is 0 Å². The highest BCUT2D eigenvalue weighted by atomic mass is 79.9.